The van der Waals surface area contributed by atoms with E-state index in [0.717, 1.165) is 18.2 Å². The molecule has 0 aliphatic heterocycles. The highest BCUT2D eigenvalue weighted by molar-refractivity contribution is 9.10. The number of halogens is 5. The summed E-state index contributed by atoms with van der Waals surface area (Å²) in [5.74, 6) is -0.822. The second-order valence-electron chi connectivity index (χ2n) is 3.93. The van der Waals surface area contributed by atoms with Crippen molar-refractivity contribution >= 4 is 21.6 Å². The Labute approximate surface area is 120 Å². The molecular formula is C13H8BrF4NO. The lowest BCUT2D eigenvalue weighted by atomic mass is 10.2. The average Bonchev–Trinajstić information content (AvgIpc) is 2.33. The number of ether oxygens (including phenoxy) is 1. The number of nitrogen functional groups attached to an aromatic ring is 1. The Hall–Kier alpha value is -1.76. The lowest BCUT2D eigenvalue weighted by Gasteiger charge is -2.12. The van der Waals surface area contributed by atoms with Gasteiger partial charge in [0.1, 0.15) is 5.75 Å². The summed E-state index contributed by atoms with van der Waals surface area (Å²) in [7, 11) is 0. The highest BCUT2D eigenvalue weighted by Crippen LogP contribution is 2.36. The van der Waals surface area contributed by atoms with E-state index in [0.29, 0.717) is 4.47 Å². The number of hydrogen-bond donors (Lipinski definition) is 1. The van der Waals surface area contributed by atoms with Crippen molar-refractivity contribution in [2.45, 2.75) is 6.18 Å². The van der Waals surface area contributed by atoms with E-state index < -0.39 is 17.6 Å². The first-order chi connectivity index (χ1) is 9.27. The zero-order valence-electron chi connectivity index (χ0n) is 9.84. The molecule has 0 unspecified atom stereocenters. The van der Waals surface area contributed by atoms with Crippen molar-refractivity contribution in [3.8, 4) is 11.5 Å². The number of nitrogens with two attached hydrogens (primary N) is 1. The Morgan fingerprint density at radius 3 is 2.20 bits per heavy atom. The maximum absolute atomic E-state index is 13.6. The van der Waals surface area contributed by atoms with Crippen molar-refractivity contribution in [1.29, 1.82) is 0 Å². The molecule has 2 aromatic rings. The highest BCUT2D eigenvalue weighted by atomic mass is 79.9. The first-order valence-corrected chi connectivity index (χ1v) is 6.16. The van der Waals surface area contributed by atoms with Gasteiger partial charge < -0.3 is 10.5 Å². The van der Waals surface area contributed by atoms with Gasteiger partial charge in [-0.15, -0.1) is 0 Å². The second-order valence-corrected chi connectivity index (χ2v) is 4.84. The molecule has 0 bridgehead atoms. The minimum Gasteiger partial charge on any atom is -0.452 e. The number of hydrogen-bond acceptors (Lipinski definition) is 2. The van der Waals surface area contributed by atoms with Crippen LogP contribution in [-0.4, -0.2) is 0 Å². The Bertz CT molecular complexity index is 643. The van der Waals surface area contributed by atoms with Crippen molar-refractivity contribution < 1.29 is 22.3 Å². The third kappa shape index (κ3) is 3.22. The lowest BCUT2D eigenvalue weighted by Crippen LogP contribution is -2.06. The van der Waals surface area contributed by atoms with Crippen molar-refractivity contribution in [2.24, 2.45) is 0 Å². The van der Waals surface area contributed by atoms with Gasteiger partial charge in [0.25, 0.3) is 0 Å². The third-order valence-corrected chi connectivity index (χ3v) is 2.94. The van der Waals surface area contributed by atoms with E-state index in [1.54, 1.807) is 6.07 Å². The van der Waals surface area contributed by atoms with Gasteiger partial charge in [0.2, 0.25) is 0 Å². The van der Waals surface area contributed by atoms with Gasteiger partial charge in [-0.25, -0.2) is 4.39 Å². The van der Waals surface area contributed by atoms with E-state index in [4.69, 9.17) is 10.5 Å². The summed E-state index contributed by atoms with van der Waals surface area (Å²) in [5, 5.41) is 0. The quantitative estimate of drug-likeness (QED) is 0.612. The summed E-state index contributed by atoms with van der Waals surface area (Å²) in [6, 6.07) is 6.68. The zero-order valence-corrected chi connectivity index (χ0v) is 11.4. The maximum atomic E-state index is 13.6. The largest absolute Gasteiger partial charge is 0.452 e. The van der Waals surface area contributed by atoms with E-state index in [9.17, 15) is 17.6 Å². The summed E-state index contributed by atoms with van der Waals surface area (Å²) in [6.07, 6.45) is -4.49. The smallest absolute Gasteiger partial charge is 0.416 e. The Balaban J connectivity index is 2.30. The predicted octanol–water partition coefficient (Wildman–Crippen LogP) is 4.98. The molecule has 0 atom stereocenters. The molecule has 0 aromatic heterocycles. The van der Waals surface area contributed by atoms with Gasteiger partial charge >= 0.3 is 6.18 Å². The van der Waals surface area contributed by atoms with Crippen molar-refractivity contribution in [3.63, 3.8) is 0 Å². The number of anilines is 1. The fourth-order valence-corrected chi connectivity index (χ4v) is 1.83. The van der Waals surface area contributed by atoms with E-state index in [1.165, 1.54) is 12.1 Å². The van der Waals surface area contributed by atoms with Gasteiger partial charge in [0.05, 0.1) is 11.3 Å². The fraction of sp³-hybridized carbons (Fsp3) is 0.0769. The van der Waals surface area contributed by atoms with Crippen LogP contribution in [0.3, 0.4) is 0 Å². The molecule has 0 saturated heterocycles. The zero-order chi connectivity index (χ0) is 14.9. The molecule has 2 rings (SSSR count). The first-order valence-electron chi connectivity index (χ1n) is 5.37. The Morgan fingerprint density at radius 1 is 1.00 bits per heavy atom. The minimum absolute atomic E-state index is 0.0424. The van der Waals surface area contributed by atoms with Gasteiger partial charge in [-0.2, -0.15) is 13.2 Å². The van der Waals surface area contributed by atoms with Crippen LogP contribution in [0.25, 0.3) is 0 Å². The molecule has 0 amide bonds. The van der Waals surface area contributed by atoms with Crippen LogP contribution in [0.15, 0.2) is 40.9 Å². The second kappa shape index (κ2) is 5.32. The Kier molecular flexibility index (Phi) is 3.89. The monoisotopic (exact) mass is 349 g/mol. The molecule has 0 heterocycles. The fourth-order valence-electron chi connectivity index (χ4n) is 1.49. The summed E-state index contributed by atoms with van der Waals surface area (Å²) >= 11 is 3.08. The van der Waals surface area contributed by atoms with E-state index in [1.807, 2.05) is 0 Å². The molecular weight excluding hydrogens is 342 g/mol. The Morgan fingerprint density at radius 2 is 1.65 bits per heavy atom. The SMILES string of the molecule is Nc1cc(C(F)(F)F)ccc1Oc1ccc(Br)cc1F. The van der Waals surface area contributed by atoms with Crippen LogP contribution in [0.1, 0.15) is 5.56 Å². The molecule has 0 radical (unpaired) electrons. The molecule has 20 heavy (non-hydrogen) atoms. The van der Waals surface area contributed by atoms with Crippen LogP contribution in [-0.2, 0) is 6.18 Å². The van der Waals surface area contributed by atoms with Gasteiger partial charge in [-0.1, -0.05) is 15.9 Å². The van der Waals surface area contributed by atoms with Crippen LogP contribution in [0.5, 0.6) is 11.5 Å². The molecule has 0 aliphatic rings. The van der Waals surface area contributed by atoms with Gasteiger partial charge in [0, 0.05) is 4.47 Å². The standard InChI is InChI=1S/C13H8BrF4NO/c14-8-2-4-11(9(15)6-8)20-12-3-1-7(5-10(12)19)13(16,17)18/h1-6H,19H2. The molecule has 2 aromatic carbocycles. The topological polar surface area (TPSA) is 35.2 Å². The van der Waals surface area contributed by atoms with E-state index in [-0.39, 0.29) is 17.2 Å². The normalized spacial score (nSPS) is 11.4. The van der Waals surface area contributed by atoms with Crippen molar-refractivity contribution in [1.82, 2.24) is 0 Å². The molecule has 0 saturated carbocycles. The molecule has 7 heteroatoms. The number of rotatable bonds is 2. The predicted molar refractivity (Wildman–Crippen MR) is 70.0 cm³/mol. The van der Waals surface area contributed by atoms with Crippen molar-refractivity contribution in [3.05, 3.63) is 52.3 Å². The van der Waals surface area contributed by atoms with Gasteiger partial charge in [-0.3, -0.25) is 0 Å². The molecule has 0 spiro atoms. The number of benzene rings is 2. The summed E-state index contributed by atoms with van der Waals surface area (Å²) in [4.78, 5) is 0. The van der Waals surface area contributed by atoms with Crippen molar-refractivity contribution in [2.75, 3.05) is 5.73 Å². The van der Waals surface area contributed by atoms with Crippen LogP contribution in [0, 0.1) is 5.82 Å². The third-order valence-electron chi connectivity index (χ3n) is 2.45. The lowest BCUT2D eigenvalue weighted by molar-refractivity contribution is -0.137. The molecule has 2 nitrogen and oxygen atoms in total. The maximum Gasteiger partial charge on any atom is 0.416 e. The van der Waals surface area contributed by atoms with Crippen LogP contribution in [0.4, 0.5) is 23.2 Å². The summed E-state index contributed by atoms with van der Waals surface area (Å²) in [5.41, 5.74) is 4.38. The number of alkyl halides is 3. The molecule has 0 fully saturated rings. The first kappa shape index (κ1) is 14.6. The average molecular weight is 350 g/mol. The van der Waals surface area contributed by atoms with Gasteiger partial charge in [0.15, 0.2) is 11.6 Å². The highest BCUT2D eigenvalue weighted by Gasteiger charge is 2.31. The van der Waals surface area contributed by atoms with Crippen LogP contribution in [0.2, 0.25) is 0 Å². The summed E-state index contributed by atoms with van der Waals surface area (Å²) < 4.78 is 56.7. The minimum atomic E-state index is -4.49. The molecule has 2 N–H and O–H groups in total. The van der Waals surface area contributed by atoms with Gasteiger partial charge in [-0.05, 0) is 36.4 Å². The molecule has 106 valence electrons. The summed E-state index contributed by atoms with van der Waals surface area (Å²) in [6.45, 7) is 0. The van der Waals surface area contributed by atoms with E-state index in [2.05, 4.69) is 15.9 Å². The molecule has 0 aliphatic carbocycles. The van der Waals surface area contributed by atoms with E-state index >= 15 is 0 Å². The van der Waals surface area contributed by atoms with Crippen LogP contribution >= 0.6 is 15.9 Å². The van der Waals surface area contributed by atoms with Crippen LogP contribution < -0.4 is 10.5 Å².